The lowest BCUT2D eigenvalue weighted by Gasteiger charge is -2.09. The Hall–Kier alpha value is -1.32. The standard InChI is InChI=1S/C16H20N2S/c1-13(2)18-11-14-6-5-8-16(10-14)19-12-15-7-3-4-9-17-15/h3-10,13,18H,11-12H2,1-2H3. The van der Waals surface area contributed by atoms with Gasteiger partial charge < -0.3 is 5.32 Å². The van der Waals surface area contributed by atoms with E-state index in [-0.39, 0.29) is 0 Å². The zero-order valence-corrected chi connectivity index (χ0v) is 12.3. The average Bonchev–Trinajstić information content (AvgIpc) is 2.44. The SMILES string of the molecule is CC(C)NCc1cccc(SCc2ccccn2)c1. The van der Waals surface area contributed by atoms with Gasteiger partial charge in [0.15, 0.2) is 0 Å². The lowest BCUT2D eigenvalue weighted by Crippen LogP contribution is -2.21. The van der Waals surface area contributed by atoms with Gasteiger partial charge >= 0.3 is 0 Å². The lowest BCUT2D eigenvalue weighted by atomic mass is 10.2. The first-order valence-corrected chi connectivity index (χ1v) is 7.57. The maximum atomic E-state index is 4.34. The van der Waals surface area contributed by atoms with Crippen LogP contribution in [0.5, 0.6) is 0 Å². The van der Waals surface area contributed by atoms with Crippen LogP contribution in [0.15, 0.2) is 53.6 Å². The average molecular weight is 272 g/mol. The van der Waals surface area contributed by atoms with Crippen molar-refractivity contribution in [1.29, 1.82) is 0 Å². The Kier molecular flexibility index (Phi) is 5.43. The number of hydrogen-bond acceptors (Lipinski definition) is 3. The molecule has 2 aromatic rings. The highest BCUT2D eigenvalue weighted by Crippen LogP contribution is 2.22. The number of hydrogen-bond donors (Lipinski definition) is 1. The third kappa shape index (κ3) is 5.05. The molecule has 0 bridgehead atoms. The van der Waals surface area contributed by atoms with Crippen molar-refractivity contribution in [2.45, 2.75) is 37.1 Å². The summed E-state index contributed by atoms with van der Waals surface area (Å²) in [5.74, 6) is 0.919. The van der Waals surface area contributed by atoms with Gasteiger partial charge in [-0.2, -0.15) is 0 Å². The van der Waals surface area contributed by atoms with E-state index < -0.39 is 0 Å². The van der Waals surface area contributed by atoms with Crippen LogP contribution < -0.4 is 5.32 Å². The zero-order chi connectivity index (χ0) is 13.5. The largest absolute Gasteiger partial charge is 0.310 e. The molecule has 1 aromatic heterocycles. The second kappa shape index (κ2) is 7.31. The summed E-state index contributed by atoms with van der Waals surface area (Å²) in [4.78, 5) is 5.64. The minimum atomic E-state index is 0.518. The van der Waals surface area contributed by atoms with Gasteiger partial charge in [-0.1, -0.05) is 32.0 Å². The van der Waals surface area contributed by atoms with Crippen LogP contribution >= 0.6 is 11.8 Å². The zero-order valence-electron chi connectivity index (χ0n) is 11.5. The summed E-state index contributed by atoms with van der Waals surface area (Å²) in [6.45, 7) is 5.26. The van der Waals surface area contributed by atoms with Crippen molar-refractivity contribution in [3.8, 4) is 0 Å². The number of nitrogens with one attached hydrogen (secondary N) is 1. The van der Waals surface area contributed by atoms with E-state index in [4.69, 9.17) is 0 Å². The highest BCUT2D eigenvalue weighted by molar-refractivity contribution is 7.98. The number of nitrogens with zero attached hydrogens (tertiary/aromatic N) is 1. The van der Waals surface area contributed by atoms with Crippen molar-refractivity contribution in [2.24, 2.45) is 0 Å². The second-order valence-electron chi connectivity index (χ2n) is 4.79. The monoisotopic (exact) mass is 272 g/mol. The maximum Gasteiger partial charge on any atom is 0.0506 e. The van der Waals surface area contributed by atoms with Gasteiger partial charge in [0.2, 0.25) is 0 Å². The molecule has 0 fully saturated rings. The van der Waals surface area contributed by atoms with Crippen molar-refractivity contribution in [2.75, 3.05) is 0 Å². The Balaban J connectivity index is 1.91. The van der Waals surface area contributed by atoms with Crippen LogP contribution in [0.2, 0.25) is 0 Å². The molecule has 2 nitrogen and oxygen atoms in total. The predicted molar refractivity (Wildman–Crippen MR) is 82.2 cm³/mol. The molecule has 1 heterocycles. The minimum Gasteiger partial charge on any atom is -0.310 e. The van der Waals surface area contributed by atoms with Crippen molar-refractivity contribution >= 4 is 11.8 Å². The highest BCUT2D eigenvalue weighted by atomic mass is 32.2. The van der Waals surface area contributed by atoms with Crippen LogP contribution in [0.25, 0.3) is 0 Å². The van der Waals surface area contributed by atoms with E-state index in [1.54, 1.807) is 0 Å². The van der Waals surface area contributed by atoms with E-state index in [0.29, 0.717) is 6.04 Å². The normalized spacial score (nSPS) is 10.9. The van der Waals surface area contributed by atoms with Gasteiger partial charge in [-0.15, -0.1) is 11.8 Å². The molecule has 0 amide bonds. The van der Waals surface area contributed by atoms with Crippen LogP contribution in [0, 0.1) is 0 Å². The Morgan fingerprint density at radius 2 is 2.05 bits per heavy atom. The first kappa shape index (κ1) is 14.1. The number of aromatic nitrogens is 1. The van der Waals surface area contributed by atoms with Gasteiger partial charge in [-0.05, 0) is 29.8 Å². The highest BCUT2D eigenvalue weighted by Gasteiger charge is 2.00. The van der Waals surface area contributed by atoms with Crippen molar-refractivity contribution in [3.63, 3.8) is 0 Å². The number of benzene rings is 1. The minimum absolute atomic E-state index is 0.518. The molecule has 19 heavy (non-hydrogen) atoms. The quantitative estimate of drug-likeness (QED) is 0.808. The molecule has 0 aliphatic heterocycles. The summed E-state index contributed by atoms with van der Waals surface area (Å²) in [5, 5.41) is 3.44. The summed E-state index contributed by atoms with van der Waals surface area (Å²) >= 11 is 1.83. The van der Waals surface area contributed by atoms with Gasteiger partial charge in [0.05, 0.1) is 5.69 Å². The van der Waals surface area contributed by atoms with Gasteiger partial charge in [-0.25, -0.2) is 0 Å². The predicted octanol–water partition coefficient (Wildman–Crippen LogP) is 3.87. The molecule has 3 heteroatoms. The lowest BCUT2D eigenvalue weighted by molar-refractivity contribution is 0.588. The molecule has 0 aliphatic carbocycles. The van der Waals surface area contributed by atoms with E-state index in [2.05, 4.69) is 54.5 Å². The topological polar surface area (TPSA) is 24.9 Å². The molecular weight excluding hydrogens is 252 g/mol. The third-order valence-corrected chi connectivity index (χ3v) is 3.75. The molecule has 0 saturated carbocycles. The molecule has 0 spiro atoms. The second-order valence-corrected chi connectivity index (χ2v) is 5.84. The Morgan fingerprint density at radius 1 is 1.16 bits per heavy atom. The van der Waals surface area contributed by atoms with E-state index >= 15 is 0 Å². The van der Waals surface area contributed by atoms with Gasteiger partial charge in [0.25, 0.3) is 0 Å². The number of pyridine rings is 1. The van der Waals surface area contributed by atoms with Gasteiger partial charge in [0, 0.05) is 29.4 Å². The van der Waals surface area contributed by atoms with Gasteiger partial charge in [-0.3, -0.25) is 4.98 Å². The summed E-state index contributed by atoms with van der Waals surface area (Å²) in [7, 11) is 0. The van der Waals surface area contributed by atoms with Crippen LogP contribution in [0.3, 0.4) is 0 Å². The summed E-state index contributed by atoms with van der Waals surface area (Å²) in [6.07, 6.45) is 1.85. The van der Waals surface area contributed by atoms with Crippen molar-refractivity contribution in [1.82, 2.24) is 10.3 Å². The molecule has 0 radical (unpaired) electrons. The molecule has 2 rings (SSSR count). The van der Waals surface area contributed by atoms with Crippen LogP contribution in [0.4, 0.5) is 0 Å². The van der Waals surface area contributed by atoms with Crippen molar-refractivity contribution in [3.05, 3.63) is 59.9 Å². The fraction of sp³-hybridized carbons (Fsp3) is 0.312. The molecule has 100 valence electrons. The van der Waals surface area contributed by atoms with E-state index in [0.717, 1.165) is 18.0 Å². The first-order valence-electron chi connectivity index (χ1n) is 6.59. The summed E-state index contributed by atoms with van der Waals surface area (Å²) < 4.78 is 0. The van der Waals surface area contributed by atoms with E-state index in [1.807, 2.05) is 30.1 Å². The maximum absolute atomic E-state index is 4.34. The van der Waals surface area contributed by atoms with Gasteiger partial charge in [0.1, 0.15) is 0 Å². The molecular formula is C16H20N2S. The molecule has 0 saturated heterocycles. The van der Waals surface area contributed by atoms with E-state index in [9.17, 15) is 0 Å². The van der Waals surface area contributed by atoms with Crippen LogP contribution in [0.1, 0.15) is 25.1 Å². The number of rotatable bonds is 6. The fourth-order valence-corrected chi connectivity index (χ4v) is 2.60. The Labute approximate surface area is 119 Å². The summed E-state index contributed by atoms with van der Waals surface area (Å²) in [5.41, 5.74) is 2.46. The third-order valence-electron chi connectivity index (χ3n) is 2.73. The van der Waals surface area contributed by atoms with Crippen LogP contribution in [-0.2, 0) is 12.3 Å². The molecule has 0 atom stereocenters. The molecule has 1 aromatic carbocycles. The molecule has 0 unspecified atom stereocenters. The Morgan fingerprint density at radius 3 is 2.79 bits per heavy atom. The molecule has 1 N–H and O–H groups in total. The smallest absolute Gasteiger partial charge is 0.0506 e. The summed E-state index contributed by atoms with van der Waals surface area (Å²) in [6, 6.07) is 15.3. The Bertz CT molecular complexity index is 497. The number of thioether (sulfide) groups is 1. The van der Waals surface area contributed by atoms with Crippen LogP contribution in [-0.4, -0.2) is 11.0 Å². The first-order chi connectivity index (χ1) is 9.24. The van der Waals surface area contributed by atoms with E-state index in [1.165, 1.54) is 10.5 Å². The fourth-order valence-electron chi connectivity index (χ4n) is 1.71. The molecule has 0 aliphatic rings. The van der Waals surface area contributed by atoms with Crippen molar-refractivity contribution < 1.29 is 0 Å².